The van der Waals surface area contributed by atoms with Crippen LogP contribution in [0.25, 0.3) is 0 Å². The van der Waals surface area contributed by atoms with Gasteiger partial charge in [-0.1, -0.05) is 43.7 Å². The molecule has 0 saturated heterocycles. The van der Waals surface area contributed by atoms with Gasteiger partial charge in [-0.2, -0.15) is 0 Å². The molecule has 1 amide bonds. The van der Waals surface area contributed by atoms with Gasteiger partial charge in [-0.05, 0) is 24.8 Å². The molecule has 0 spiro atoms. The smallest absolute Gasteiger partial charge is 0.223 e. The largest absolute Gasteiger partial charge is 0.395 e. The van der Waals surface area contributed by atoms with Gasteiger partial charge in [0.25, 0.3) is 0 Å². The fraction of sp³-hybridized carbons (Fsp3) is 0.562. The lowest BCUT2D eigenvalue weighted by Crippen LogP contribution is -2.37. The third-order valence-electron chi connectivity index (χ3n) is 3.53. The van der Waals surface area contributed by atoms with Crippen molar-refractivity contribution in [3.05, 3.63) is 35.4 Å². The molecule has 3 nitrogen and oxygen atoms in total. The van der Waals surface area contributed by atoms with Crippen LogP contribution in [0.5, 0.6) is 0 Å². The third-order valence-corrected chi connectivity index (χ3v) is 3.53. The van der Waals surface area contributed by atoms with Crippen LogP contribution < -0.4 is 0 Å². The second kappa shape index (κ2) is 6.71. The number of hydrogen-bond acceptors (Lipinski definition) is 2. The van der Waals surface area contributed by atoms with Crippen molar-refractivity contribution in [2.75, 3.05) is 19.7 Å². The average Bonchev–Trinajstić information content (AvgIpc) is 2.35. The van der Waals surface area contributed by atoms with Gasteiger partial charge in [0, 0.05) is 19.5 Å². The number of likely N-dealkylation sites (N-methyl/N-ethyl adjacent to an activating group) is 1. The molecule has 1 rings (SSSR count). The molecule has 1 aromatic rings. The summed E-state index contributed by atoms with van der Waals surface area (Å²) in [6.07, 6.45) is 0.462. The van der Waals surface area contributed by atoms with Crippen LogP contribution in [-0.4, -0.2) is 35.6 Å². The first kappa shape index (κ1) is 15.7. The van der Waals surface area contributed by atoms with Gasteiger partial charge in [0.1, 0.15) is 0 Å². The zero-order valence-electron chi connectivity index (χ0n) is 12.4. The number of aliphatic hydroxyl groups excluding tert-OH is 1. The minimum atomic E-state index is -0.187. The zero-order valence-corrected chi connectivity index (χ0v) is 12.4. The summed E-state index contributed by atoms with van der Waals surface area (Å²) in [5.41, 5.74) is 2.21. The Labute approximate surface area is 116 Å². The minimum absolute atomic E-state index is 0.0184. The summed E-state index contributed by atoms with van der Waals surface area (Å²) < 4.78 is 0. The Kier molecular flexibility index (Phi) is 5.55. The Morgan fingerprint density at radius 2 is 1.84 bits per heavy atom. The van der Waals surface area contributed by atoms with E-state index in [0.29, 0.717) is 19.5 Å². The highest BCUT2D eigenvalue weighted by atomic mass is 16.3. The molecular formula is C16H25NO2. The van der Waals surface area contributed by atoms with Gasteiger partial charge in [-0.15, -0.1) is 0 Å². The number of aliphatic hydroxyl groups is 1. The van der Waals surface area contributed by atoms with Gasteiger partial charge < -0.3 is 10.0 Å². The Bertz CT molecular complexity index is 409. The quantitative estimate of drug-likeness (QED) is 0.856. The first-order valence-corrected chi connectivity index (χ1v) is 6.86. The van der Waals surface area contributed by atoms with Crippen molar-refractivity contribution in [2.45, 2.75) is 39.5 Å². The van der Waals surface area contributed by atoms with E-state index in [2.05, 4.69) is 45.0 Å². The van der Waals surface area contributed by atoms with E-state index in [1.165, 1.54) is 11.1 Å². The monoisotopic (exact) mass is 263 g/mol. The number of aryl methyl sites for hydroxylation is 1. The van der Waals surface area contributed by atoms with E-state index in [1.807, 2.05) is 6.92 Å². The number of amides is 1. The molecule has 0 fully saturated rings. The number of carbonyl (C=O) groups excluding carboxylic acids is 1. The molecule has 1 N–H and O–H groups in total. The van der Waals surface area contributed by atoms with E-state index in [1.54, 1.807) is 4.90 Å². The fourth-order valence-electron chi connectivity index (χ4n) is 2.18. The van der Waals surface area contributed by atoms with Gasteiger partial charge in [0.2, 0.25) is 5.91 Å². The summed E-state index contributed by atoms with van der Waals surface area (Å²) in [5, 5.41) is 8.97. The Morgan fingerprint density at radius 3 is 2.32 bits per heavy atom. The summed E-state index contributed by atoms with van der Waals surface area (Å²) in [7, 11) is 0. The second-order valence-corrected chi connectivity index (χ2v) is 5.62. The molecule has 0 radical (unpaired) electrons. The SMILES string of the molecule is CCN(CCO)C(=O)CC(C)(C)c1ccc(C)cc1. The van der Waals surface area contributed by atoms with Crippen molar-refractivity contribution >= 4 is 5.91 Å². The third kappa shape index (κ3) is 4.35. The van der Waals surface area contributed by atoms with E-state index in [-0.39, 0.29) is 17.9 Å². The summed E-state index contributed by atoms with van der Waals surface area (Å²) in [6, 6.07) is 8.33. The highest BCUT2D eigenvalue weighted by molar-refractivity contribution is 5.77. The fourth-order valence-corrected chi connectivity index (χ4v) is 2.18. The number of carbonyl (C=O) groups is 1. The molecule has 0 heterocycles. The minimum Gasteiger partial charge on any atom is -0.395 e. The van der Waals surface area contributed by atoms with Gasteiger partial charge in [-0.3, -0.25) is 4.79 Å². The highest BCUT2D eigenvalue weighted by Gasteiger charge is 2.26. The van der Waals surface area contributed by atoms with E-state index in [0.717, 1.165) is 0 Å². The molecule has 1 aromatic carbocycles. The molecule has 3 heteroatoms. The molecular weight excluding hydrogens is 238 g/mol. The molecule has 0 aliphatic heterocycles. The number of hydrogen-bond donors (Lipinski definition) is 1. The molecule has 19 heavy (non-hydrogen) atoms. The van der Waals surface area contributed by atoms with E-state index in [4.69, 9.17) is 5.11 Å². The summed E-state index contributed by atoms with van der Waals surface area (Å²) in [6.45, 7) is 9.24. The highest BCUT2D eigenvalue weighted by Crippen LogP contribution is 2.28. The van der Waals surface area contributed by atoms with Crippen molar-refractivity contribution in [1.82, 2.24) is 4.90 Å². The second-order valence-electron chi connectivity index (χ2n) is 5.62. The first-order valence-electron chi connectivity index (χ1n) is 6.86. The van der Waals surface area contributed by atoms with E-state index < -0.39 is 0 Å². The van der Waals surface area contributed by atoms with Crippen LogP contribution in [0.2, 0.25) is 0 Å². The summed E-state index contributed by atoms with van der Waals surface area (Å²) in [4.78, 5) is 13.9. The van der Waals surface area contributed by atoms with Crippen molar-refractivity contribution in [2.24, 2.45) is 0 Å². The summed E-state index contributed by atoms with van der Waals surface area (Å²) in [5.74, 6) is 0.0992. The molecule has 0 aliphatic carbocycles. The maximum absolute atomic E-state index is 12.2. The molecule has 0 unspecified atom stereocenters. The Hall–Kier alpha value is -1.35. The van der Waals surface area contributed by atoms with Crippen LogP contribution in [0.15, 0.2) is 24.3 Å². The van der Waals surface area contributed by atoms with Crippen molar-refractivity contribution in [3.63, 3.8) is 0 Å². The van der Waals surface area contributed by atoms with Gasteiger partial charge in [-0.25, -0.2) is 0 Å². The predicted molar refractivity (Wildman–Crippen MR) is 78.2 cm³/mol. The van der Waals surface area contributed by atoms with E-state index >= 15 is 0 Å². The molecule has 106 valence electrons. The number of rotatable bonds is 6. The van der Waals surface area contributed by atoms with Crippen LogP contribution in [-0.2, 0) is 10.2 Å². The molecule has 0 aliphatic rings. The topological polar surface area (TPSA) is 40.5 Å². The van der Waals surface area contributed by atoms with Crippen LogP contribution in [0.3, 0.4) is 0 Å². The van der Waals surface area contributed by atoms with Crippen molar-refractivity contribution in [3.8, 4) is 0 Å². The Balaban J connectivity index is 2.78. The number of benzene rings is 1. The lowest BCUT2D eigenvalue weighted by atomic mass is 9.81. The standard InChI is InChI=1S/C16H25NO2/c1-5-17(10-11-18)15(19)12-16(3,4)14-8-6-13(2)7-9-14/h6-9,18H,5,10-12H2,1-4H3. The van der Waals surface area contributed by atoms with Gasteiger partial charge >= 0.3 is 0 Å². The summed E-state index contributed by atoms with van der Waals surface area (Å²) >= 11 is 0. The van der Waals surface area contributed by atoms with E-state index in [9.17, 15) is 4.79 Å². The zero-order chi connectivity index (χ0) is 14.5. The normalized spacial score (nSPS) is 11.4. The van der Waals surface area contributed by atoms with Crippen LogP contribution in [0, 0.1) is 6.92 Å². The molecule has 0 atom stereocenters. The lowest BCUT2D eigenvalue weighted by Gasteiger charge is -2.28. The maximum atomic E-state index is 12.2. The maximum Gasteiger partial charge on any atom is 0.223 e. The predicted octanol–water partition coefficient (Wildman–Crippen LogP) is 2.50. The lowest BCUT2D eigenvalue weighted by molar-refractivity contribution is -0.132. The molecule has 0 aromatic heterocycles. The van der Waals surface area contributed by atoms with Crippen LogP contribution in [0.1, 0.15) is 38.3 Å². The van der Waals surface area contributed by atoms with Gasteiger partial charge in [0.15, 0.2) is 0 Å². The van der Waals surface area contributed by atoms with Crippen LogP contribution in [0.4, 0.5) is 0 Å². The Morgan fingerprint density at radius 1 is 1.26 bits per heavy atom. The van der Waals surface area contributed by atoms with Gasteiger partial charge in [0.05, 0.1) is 6.61 Å². The van der Waals surface area contributed by atoms with Crippen molar-refractivity contribution in [1.29, 1.82) is 0 Å². The average molecular weight is 263 g/mol. The van der Waals surface area contributed by atoms with Crippen LogP contribution >= 0.6 is 0 Å². The first-order chi connectivity index (χ1) is 8.90. The molecule has 0 bridgehead atoms. The molecule has 0 saturated carbocycles. The number of nitrogens with zero attached hydrogens (tertiary/aromatic N) is 1. The van der Waals surface area contributed by atoms with Crippen molar-refractivity contribution < 1.29 is 9.90 Å².